The van der Waals surface area contributed by atoms with Crippen molar-refractivity contribution in [2.24, 2.45) is 5.10 Å². The molecule has 2 aromatic carbocycles. The van der Waals surface area contributed by atoms with Gasteiger partial charge in [-0.15, -0.1) is 0 Å². The molecule has 28 heavy (non-hydrogen) atoms. The number of hydrogen-bond acceptors (Lipinski definition) is 4. The Kier molecular flexibility index (Phi) is 5.74. The summed E-state index contributed by atoms with van der Waals surface area (Å²) in [5.41, 5.74) is 0.208. The fourth-order valence-electron chi connectivity index (χ4n) is 2.75. The van der Waals surface area contributed by atoms with Gasteiger partial charge in [0.2, 0.25) is 6.35 Å². The number of rotatable bonds is 3. The van der Waals surface area contributed by atoms with Crippen molar-refractivity contribution in [2.75, 3.05) is 9.91 Å². The maximum absolute atomic E-state index is 14.2. The van der Waals surface area contributed by atoms with Crippen LogP contribution in [0.15, 0.2) is 41.5 Å². The van der Waals surface area contributed by atoms with Crippen LogP contribution in [0.4, 0.5) is 25.0 Å². The van der Waals surface area contributed by atoms with Gasteiger partial charge in [-0.3, -0.25) is 4.90 Å². The smallest absolute Gasteiger partial charge is 0.333 e. The molecule has 0 radical (unpaired) electrons. The number of hydrazone groups is 1. The molecule has 0 saturated heterocycles. The van der Waals surface area contributed by atoms with Gasteiger partial charge in [-0.25, -0.2) is 23.5 Å². The molecule has 1 aliphatic heterocycles. The largest absolute Gasteiger partial charge is 0.355 e. The summed E-state index contributed by atoms with van der Waals surface area (Å²) in [6.45, 7) is 3.32. The maximum Gasteiger partial charge on any atom is 0.333 e. The Morgan fingerprint density at radius 1 is 1.21 bits per heavy atom. The van der Waals surface area contributed by atoms with Crippen LogP contribution in [0.5, 0.6) is 0 Å². The number of benzene rings is 2. The van der Waals surface area contributed by atoms with Crippen LogP contribution in [-0.4, -0.2) is 34.8 Å². The summed E-state index contributed by atoms with van der Waals surface area (Å²) in [5, 5.41) is 16.3. The molecule has 0 aromatic heterocycles. The molecule has 148 valence electrons. The Morgan fingerprint density at radius 2 is 1.93 bits per heavy atom. The molecule has 1 N–H and O–H groups in total. The van der Waals surface area contributed by atoms with E-state index in [9.17, 15) is 18.7 Å². The van der Waals surface area contributed by atoms with Crippen molar-refractivity contribution in [1.29, 1.82) is 0 Å². The first-order valence-electron chi connectivity index (χ1n) is 8.23. The van der Waals surface area contributed by atoms with Crippen LogP contribution in [0.3, 0.4) is 0 Å². The van der Waals surface area contributed by atoms with E-state index in [1.807, 2.05) is 0 Å². The number of anilines is 2. The maximum atomic E-state index is 14.2. The number of hydrogen-bond donors (Lipinski definition) is 1. The predicted octanol–water partition coefficient (Wildman–Crippen LogP) is 4.65. The van der Waals surface area contributed by atoms with Gasteiger partial charge in [0.05, 0.1) is 16.4 Å². The zero-order valence-corrected chi connectivity index (χ0v) is 16.4. The van der Waals surface area contributed by atoms with Crippen molar-refractivity contribution in [3.05, 3.63) is 58.1 Å². The number of aliphatic hydroxyl groups is 1. The van der Waals surface area contributed by atoms with E-state index in [0.717, 1.165) is 33.3 Å². The third kappa shape index (κ3) is 3.76. The van der Waals surface area contributed by atoms with Crippen LogP contribution in [0.2, 0.25) is 10.0 Å². The second-order valence-corrected chi connectivity index (χ2v) is 7.11. The summed E-state index contributed by atoms with van der Waals surface area (Å²) < 4.78 is 27.5. The Balaban J connectivity index is 1.90. The van der Waals surface area contributed by atoms with Crippen molar-refractivity contribution in [3.63, 3.8) is 0 Å². The second-order valence-electron chi connectivity index (χ2n) is 6.27. The van der Waals surface area contributed by atoms with Crippen molar-refractivity contribution < 1.29 is 18.7 Å². The molecule has 0 aliphatic carbocycles. The van der Waals surface area contributed by atoms with Gasteiger partial charge >= 0.3 is 6.03 Å². The monoisotopic (exact) mass is 428 g/mol. The number of urea groups is 1. The SMILES string of the molecule is CC(C)N(C(=O)N1C=NN(c2ccc(Cl)cc2Cl)C1O)c1ccc(F)cc1F. The van der Waals surface area contributed by atoms with Crippen molar-refractivity contribution in [3.8, 4) is 0 Å². The Bertz CT molecular complexity index is 942. The highest BCUT2D eigenvalue weighted by Gasteiger charge is 2.37. The molecular formula is C18H16Cl2F2N4O2. The second kappa shape index (κ2) is 7.90. The minimum Gasteiger partial charge on any atom is -0.355 e. The lowest BCUT2D eigenvalue weighted by molar-refractivity contribution is 0.0855. The summed E-state index contributed by atoms with van der Waals surface area (Å²) in [6.07, 6.45) is -0.412. The van der Waals surface area contributed by atoms with Gasteiger partial charge in [0.15, 0.2) is 0 Å². The predicted molar refractivity (Wildman–Crippen MR) is 105 cm³/mol. The molecule has 3 rings (SSSR count). The average molecular weight is 429 g/mol. The Hall–Kier alpha value is -2.42. The molecule has 2 aromatic rings. The van der Waals surface area contributed by atoms with Crippen LogP contribution in [0.25, 0.3) is 0 Å². The van der Waals surface area contributed by atoms with Gasteiger partial charge in [0.25, 0.3) is 0 Å². The first kappa shape index (κ1) is 20.3. The first-order valence-corrected chi connectivity index (χ1v) is 8.99. The molecule has 0 spiro atoms. The number of aliphatic hydroxyl groups excluding tert-OH is 1. The summed E-state index contributed by atoms with van der Waals surface area (Å²) in [6, 6.07) is 6.24. The van der Waals surface area contributed by atoms with Crippen LogP contribution in [-0.2, 0) is 0 Å². The molecule has 1 heterocycles. The lowest BCUT2D eigenvalue weighted by atomic mass is 10.2. The number of halogens is 4. The lowest BCUT2D eigenvalue weighted by Crippen LogP contribution is -2.51. The quantitative estimate of drug-likeness (QED) is 0.773. The van der Waals surface area contributed by atoms with Gasteiger partial charge < -0.3 is 5.11 Å². The Labute approximate surface area is 170 Å². The summed E-state index contributed by atoms with van der Waals surface area (Å²) in [5.74, 6) is -1.66. The van der Waals surface area contributed by atoms with Crippen molar-refractivity contribution in [1.82, 2.24) is 4.90 Å². The van der Waals surface area contributed by atoms with E-state index in [0.29, 0.717) is 16.8 Å². The van der Waals surface area contributed by atoms with E-state index in [2.05, 4.69) is 5.10 Å². The van der Waals surface area contributed by atoms with Gasteiger partial charge in [-0.2, -0.15) is 5.10 Å². The van der Waals surface area contributed by atoms with Crippen molar-refractivity contribution >= 4 is 46.9 Å². The minimum atomic E-state index is -1.52. The number of nitrogens with zero attached hydrogens (tertiary/aromatic N) is 4. The molecule has 6 nitrogen and oxygen atoms in total. The zero-order valence-electron chi connectivity index (χ0n) is 14.9. The third-order valence-electron chi connectivity index (χ3n) is 4.04. The van der Waals surface area contributed by atoms with E-state index in [1.54, 1.807) is 26.0 Å². The standard InChI is InChI=1S/C18H16Cl2F2N4O2/c1-10(2)25(16-6-4-12(21)8-14(16)22)17(27)24-9-23-26(18(24)28)15-5-3-11(19)7-13(15)20/h3-10,18,28H,1-2H3. The fourth-order valence-corrected chi connectivity index (χ4v) is 3.25. The normalized spacial score (nSPS) is 16.2. The first-order chi connectivity index (χ1) is 13.2. The third-order valence-corrected chi connectivity index (χ3v) is 4.57. The van der Waals surface area contributed by atoms with E-state index < -0.39 is 30.1 Å². The summed E-state index contributed by atoms with van der Waals surface area (Å²) in [7, 11) is 0. The molecule has 1 aliphatic rings. The number of amides is 2. The van der Waals surface area contributed by atoms with Crippen LogP contribution < -0.4 is 9.91 Å². The van der Waals surface area contributed by atoms with Crippen LogP contribution >= 0.6 is 23.2 Å². The molecule has 0 fully saturated rings. The van der Waals surface area contributed by atoms with E-state index in [4.69, 9.17) is 23.2 Å². The molecule has 10 heteroatoms. The van der Waals surface area contributed by atoms with Crippen LogP contribution in [0, 0.1) is 11.6 Å². The topological polar surface area (TPSA) is 59.4 Å². The molecule has 1 unspecified atom stereocenters. The van der Waals surface area contributed by atoms with Gasteiger partial charge in [-0.05, 0) is 44.2 Å². The highest BCUT2D eigenvalue weighted by atomic mass is 35.5. The van der Waals surface area contributed by atoms with Crippen LogP contribution in [0.1, 0.15) is 13.8 Å². The zero-order chi connectivity index (χ0) is 20.6. The molecule has 1 atom stereocenters. The summed E-state index contributed by atoms with van der Waals surface area (Å²) >= 11 is 12.0. The van der Waals surface area contributed by atoms with Gasteiger partial charge in [0, 0.05) is 17.1 Å². The fraction of sp³-hybridized carbons (Fsp3) is 0.222. The van der Waals surface area contributed by atoms with Gasteiger partial charge in [-0.1, -0.05) is 23.2 Å². The number of carbonyl (C=O) groups excluding carboxylic acids is 1. The highest BCUT2D eigenvalue weighted by molar-refractivity contribution is 6.36. The lowest BCUT2D eigenvalue weighted by Gasteiger charge is -2.32. The molecule has 2 amide bonds. The minimum absolute atomic E-state index is 0.120. The van der Waals surface area contributed by atoms with Gasteiger partial charge in [0.1, 0.15) is 18.0 Å². The number of carbonyl (C=O) groups is 1. The average Bonchev–Trinajstić information content (AvgIpc) is 2.98. The highest BCUT2D eigenvalue weighted by Crippen LogP contribution is 2.33. The van der Waals surface area contributed by atoms with Crippen molar-refractivity contribution in [2.45, 2.75) is 26.2 Å². The van der Waals surface area contributed by atoms with E-state index in [1.165, 1.54) is 6.07 Å². The summed E-state index contributed by atoms with van der Waals surface area (Å²) in [4.78, 5) is 15.0. The molecular weight excluding hydrogens is 413 g/mol. The van der Waals surface area contributed by atoms with E-state index in [-0.39, 0.29) is 10.7 Å². The van der Waals surface area contributed by atoms with E-state index >= 15 is 0 Å². The Morgan fingerprint density at radius 3 is 2.54 bits per heavy atom. The molecule has 0 saturated carbocycles. The molecule has 0 bridgehead atoms.